The van der Waals surface area contributed by atoms with Crippen molar-refractivity contribution in [1.82, 2.24) is 4.98 Å². The molecule has 3 atom stereocenters. The molecule has 0 radical (unpaired) electrons. The van der Waals surface area contributed by atoms with Crippen molar-refractivity contribution >= 4 is 0 Å². The van der Waals surface area contributed by atoms with Gasteiger partial charge in [-0.25, -0.2) is 0 Å². The zero-order valence-electron chi connectivity index (χ0n) is 11.1. The van der Waals surface area contributed by atoms with Crippen LogP contribution in [0, 0.1) is 24.7 Å². The third kappa shape index (κ3) is 2.25. The lowest BCUT2D eigenvalue weighted by Crippen LogP contribution is -2.14. The van der Waals surface area contributed by atoms with Gasteiger partial charge in [0.1, 0.15) is 0 Å². The minimum atomic E-state index is 0.938. The highest BCUT2D eigenvalue weighted by molar-refractivity contribution is 5.21. The van der Waals surface area contributed by atoms with Crippen LogP contribution in [-0.4, -0.2) is 4.98 Å². The van der Waals surface area contributed by atoms with Crippen LogP contribution in [0.5, 0.6) is 0 Å². The molecule has 1 heterocycles. The van der Waals surface area contributed by atoms with Crippen molar-refractivity contribution < 1.29 is 0 Å². The fraction of sp³-hybridized carbons (Fsp3) is 0.688. The molecule has 92 valence electrons. The van der Waals surface area contributed by atoms with E-state index in [1.165, 1.54) is 49.1 Å². The maximum Gasteiger partial charge on any atom is 0.0412 e. The number of fused-ring (bicyclic) bond motifs is 2. The van der Waals surface area contributed by atoms with E-state index in [4.69, 9.17) is 4.98 Å². The maximum absolute atomic E-state index is 4.80. The minimum Gasteiger partial charge on any atom is -0.258 e. The molecule has 1 heteroatoms. The van der Waals surface area contributed by atoms with Gasteiger partial charge in [0.05, 0.1) is 0 Å². The summed E-state index contributed by atoms with van der Waals surface area (Å²) in [5, 5.41) is 0. The van der Waals surface area contributed by atoms with Gasteiger partial charge in [0, 0.05) is 11.4 Å². The average molecular weight is 229 g/mol. The Morgan fingerprint density at radius 2 is 2.00 bits per heavy atom. The summed E-state index contributed by atoms with van der Waals surface area (Å²) in [6.07, 6.45) is 8.27. The van der Waals surface area contributed by atoms with Crippen molar-refractivity contribution in [1.29, 1.82) is 0 Å². The highest BCUT2D eigenvalue weighted by Crippen LogP contribution is 2.49. The highest BCUT2D eigenvalue weighted by atomic mass is 14.7. The topological polar surface area (TPSA) is 12.9 Å². The maximum atomic E-state index is 4.80. The van der Waals surface area contributed by atoms with E-state index in [0.717, 1.165) is 24.2 Å². The fourth-order valence-corrected chi connectivity index (χ4v) is 4.00. The lowest BCUT2D eigenvalue weighted by Gasteiger charge is -2.21. The molecule has 1 aromatic heterocycles. The molecule has 0 spiro atoms. The first kappa shape index (κ1) is 11.3. The molecule has 17 heavy (non-hydrogen) atoms. The summed E-state index contributed by atoms with van der Waals surface area (Å²) < 4.78 is 0. The summed E-state index contributed by atoms with van der Waals surface area (Å²) in [5.41, 5.74) is 4.00. The third-order valence-electron chi connectivity index (χ3n) is 4.79. The third-order valence-corrected chi connectivity index (χ3v) is 4.79. The van der Waals surface area contributed by atoms with E-state index in [-0.39, 0.29) is 0 Å². The molecule has 2 saturated carbocycles. The van der Waals surface area contributed by atoms with Crippen molar-refractivity contribution in [3.05, 3.63) is 29.1 Å². The van der Waals surface area contributed by atoms with Gasteiger partial charge in [-0.2, -0.15) is 0 Å². The monoisotopic (exact) mass is 229 g/mol. The molecule has 1 aromatic rings. The number of hydrogen-bond donors (Lipinski definition) is 0. The Morgan fingerprint density at radius 1 is 1.18 bits per heavy atom. The van der Waals surface area contributed by atoms with Crippen LogP contribution < -0.4 is 0 Å². The van der Waals surface area contributed by atoms with Crippen LogP contribution in [0.15, 0.2) is 12.1 Å². The van der Waals surface area contributed by atoms with E-state index in [1.54, 1.807) is 0 Å². The van der Waals surface area contributed by atoms with Crippen LogP contribution in [0.25, 0.3) is 0 Å². The molecule has 0 unspecified atom stereocenters. The SMILES string of the molecule is CCc1cc(C)cc(C[C@@H]2C[C@H]3CC[C@@H]2C3)n1. The number of rotatable bonds is 3. The molecular weight excluding hydrogens is 206 g/mol. The number of aryl methyl sites for hydroxylation is 2. The molecule has 2 bridgehead atoms. The Hall–Kier alpha value is -0.850. The van der Waals surface area contributed by atoms with Crippen LogP contribution in [0.1, 0.15) is 49.6 Å². The Kier molecular flexibility index (Phi) is 2.94. The van der Waals surface area contributed by atoms with E-state index in [0.29, 0.717) is 0 Å². The molecule has 2 fully saturated rings. The van der Waals surface area contributed by atoms with Crippen LogP contribution >= 0.6 is 0 Å². The second-order valence-electron chi connectivity index (χ2n) is 6.12. The minimum absolute atomic E-state index is 0.938. The fourth-order valence-electron chi connectivity index (χ4n) is 4.00. The van der Waals surface area contributed by atoms with Crippen molar-refractivity contribution in [3.8, 4) is 0 Å². The number of hydrogen-bond acceptors (Lipinski definition) is 1. The first-order chi connectivity index (χ1) is 8.24. The smallest absolute Gasteiger partial charge is 0.0412 e. The van der Waals surface area contributed by atoms with Crippen LogP contribution in [0.2, 0.25) is 0 Å². The molecule has 0 aromatic carbocycles. The standard InChI is InChI=1S/C16H23N/c1-3-15-6-11(2)7-16(17-15)10-14-9-12-4-5-13(14)8-12/h6-7,12-14H,3-5,8-10H2,1-2H3/t12-,13+,14-/m0/s1. The van der Waals surface area contributed by atoms with E-state index in [9.17, 15) is 0 Å². The number of aromatic nitrogens is 1. The Bertz CT molecular complexity index is 410. The Morgan fingerprint density at radius 3 is 2.65 bits per heavy atom. The average Bonchev–Trinajstić information content (AvgIpc) is 2.90. The van der Waals surface area contributed by atoms with Gasteiger partial charge in [0.25, 0.3) is 0 Å². The number of pyridine rings is 1. The molecule has 0 saturated heterocycles. The summed E-state index contributed by atoms with van der Waals surface area (Å²) in [7, 11) is 0. The molecule has 0 amide bonds. The second kappa shape index (κ2) is 4.44. The van der Waals surface area contributed by atoms with Gasteiger partial charge >= 0.3 is 0 Å². The van der Waals surface area contributed by atoms with Gasteiger partial charge in [-0.05, 0) is 74.5 Å². The first-order valence-electron chi connectivity index (χ1n) is 7.21. The number of nitrogens with zero attached hydrogens (tertiary/aromatic N) is 1. The van der Waals surface area contributed by atoms with Gasteiger partial charge in [0.2, 0.25) is 0 Å². The summed E-state index contributed by atoms with van der Waals surface area (Å²) in [5.74, 6) is 3.01. The largest absolute Gasteiger partial charge is 0.258 e. The predicted octanol–water partition coefficient (Wildman–Crippen LogP) is 3.93. The lowest BCUT2D eigenvalue weighted by atomic mass is 9.85. The van der Waals surface area contributed by atoms with E-state index < -0.39 is 0 Å². The Labute approximate surface area is 105 Å². The molecule has 2 aliphatic carbocycles. The van der Waals surface area contributed by atoms with Crippen LogP contribution in [0.3, 0.4) is 0 Å². The first-order valence-corrected chi connectivity index (χ1v) is 7.21. The van der Waals surface area contributed by atoms with E-state index in [1.807, 2.05) is 0 Å². The van der Waals surface area contributed by atoms with Crippen LogP contribution in [-0.2, 0) is 12.8 Å². The van der Waals surface area contributed by atoms with Gasteiger partial charge in [-0.3, -0.25) is 4.98 Å². The van der Waals surface area contributed by atoms with E-state index in [2.05, 4.69) is 26.0 Å². The summed E-state index contributed by atoms with van der Waals surface area (Å²) in [6.45, 7) is 4.40. The molecule has 0 aliphatic heterocycles. The lowest BCUT2D eigenvalue weighted by molar-refractivity contribution is 0.329. The van der Waals surface area contributed by atoms with Crippen molar-refractivity contribution in [2.75, 3.05) is 0 Å². The van der Waals surface area contributed by atoms with Gasteiger partial charge in [-0.15, -0.1) is 0 Å². The molecule has 0 N–H and O–H groups in total. The second-order valence-corrected chi connectivity index (χ2v) is 6.12. The van der Waals surface area contributed by atoms with E-state index >= 15 is 0 Å². The molecule has 3 rings (SSSR count). The highest BCUT2D eigenvalue weighted by Gasteiger charge is 2.39. The van der Waals surface area contributed by atoms with Gasteiger partial charge in [-0.1, -0.05) is 13.3 Å². The molecule has 1 nitrogen and oxygen atoms in total. The van der Waals surface area contributed by atoms with Crippen LogP contribution in [0.4, 0.5) is 0 Å². The predicted molar refractivity (Wildman–Crippen MR) is 71.0 cm³/mol. The molecular formula is C16H23N. The zero-order valence-corrected chi connectivity index (χ0v) is 11.1. The normalized spacial score (nSPS) is 31.1. The molecule has 2 aliphatic rings. The Balaban J connectivity index is 1.74. The zero-order chi connectivity index (χ0) is 11.8. The van der Waals surface area contributed by atoms with Gasteiger partial charge < -0.3 is 0 Å². The van der Waals surface area contributed by atoms with Crippen molar-refractivity contribution in [2.24, 2.45) is 17.8 Å². The quantitative estimate of drug-likeness (QED) is 0.765. The van der Waals surface area contributed by atoms with Crippen molar-refractivity contribution in [3.63, 3.8) is 0 Å². The summed E-state index contributed by atoms with van der Waals surface area (Å²) in [4.78, 5) is 4.80. The van der Waals surface area contributed by atoms with Crippen molar-refractivity contribution in [2.45, 2.75) is 52.4 Å². The van der Waals surface area contributed by atoms with Gasteiger partial charge in [0.15, 0.2) is 0 Å². The summed E-state index contributed by atoms with van der Waals surface area (Å²) >= 11 is 0. The summed E-state index contributed by atoms with van der Waals surface area (Å²) in [6, 6.07) is 4.52.